The summed E-state index contributed by atoms with van der Waals surface area (Å²) in [6.07, 6.45) is 1.71. The van der Waals surface area contributed by atoms with Crippen LogP contribution in [-0.2, 0) is 4.79 Å². The van der Waals surface area contributed by atoms with Gasteiger partial charge in [0.1, 0.15) is 0 Å². The summed E-state index contributed by atoms with van der Waals surface area (Å²) in [6, 6.07) is 8.12. The van der Waals surface area contributed by atoms with Crippen molar-refractivity contribution in [1.82, 2.24) is 5.32 Å². The molecule has 20 heavy (non-hydrogen) atoms. The number of amides is 1. The summed E-state index contributed by atoms with van der Waals surface area (Å²) >= 11 is 0. The SMILES string of the molecule is CCN(C(=O)CCNCCC(C)C)c1cccc(C)c1. The Morgan fingerprint density at radius 1 is 1.30 bits per heavy atom. The number of rotatable bonds is 8. The first-order valence-electron chi connectivity index (χ1n) is 7.62. The van der Waals surface area contributed by atoms with Crippen LogP contribution in [0.4, 0.5) is 5.69 Å². The second-order valence-electron chi connectivity index (χ2n) is 5.66. The fourth-order valence-corrected chi connectivity index (χ4v) is 2.14. The van der Waals surface area contributed by atoms with Gasteiger partial charge in [0.15, 0.2) is 0 Å². The zero-order valence-electron chi connectivity index (χ0n) is 13.3. The fourth-order valence-electron chi connectivity index (χ4n) is 2.14. The summed E-state index contributed by atoms with van der Waals surface area (Å²) in [5, 5.41) is 3.34. The highest BCUT2D eigenvalue weighted by atomic mass is 16.2. The van der Waals surface area contributed by atoms with E-state index in [1.807, 2.05) is 24.0 Å². The summed E-state index contributed by atoms with van der Waals surface area (Å²) in [5.41, 5.74) is 2.18. The summed E-state index contributed by atoms with van der Waals surface area (Å²) in [5.74, 6) is 0.896. The molecule has 0 aromatic heterocycles. The minimum Gasteiger partial charge on any atom is -0.316 e. The summed E-state index contributed by atoms with van der Waals surface area (Å²) in [6.45, 7) is 11.0. The summed E-state index contributed by atoms with van der Waals surface area (Å²) in [7, 11) is 0. The van der Waals surface area contributed by atoms with E-state index in [4.69, 9.17) is 0 Å². The molecular formula is C17H28N2O. The number of nitrogens with one attached hydrogen (secondary N) is 1. The minimum absolute atomic E-state index is 0.190. The second kappa shape index (κ2) is 8.75. The molecule has 112 valence electrons. The van der Waals surface area contributed by atoms with Crippen LogP contribution in [0.1, 0.15) is 39.2 Å². The van der Waals surface area contributed by atoms with Gasteiger partial charge in [-0.05, 0) is 50.4 Å². The zero-order chi connectivity index (χ0) is 15.0. The van der Waals surface area contributed by atoms with Gasteiger partial charge in [-0.15, -0.1) is 0 Å². The number of benzene rings is 1. The van der Waals surface area contributed by atoms with Crippen LogP contribution < -0.4 is 10.2 Å². The number of anilines is 1. The molecule has 0 aliphatic carbocycles. The molecule has 3 heteroatoms. The van der Waals surface area contributed by atoms with Crippen molar-refractivity contribution in [3.05, 3.63) is 29.8 Å². The van der Waals surface area contributed by atoms with Crippen LogP contribution in [0, 0.1) is 12.8 Å². The maximum atomic E-state index is 12.3. The molecule has 0 saturated heterocycles. The molecule has 0 unspecified atom stereocenters. The van der Waals surface area contributed by atoms with Crippen molar-refractivity contribution in [1.29, 1.82) is 0 Å². The lowest BCUT2D eigenvalue weighted by atomic mass is 10.1. The largest absolute Gasteiger partial charge is 0.316 e. The van der Waals surface area contributed by atoms with Crippen LogP contribution >= 0.6 is 0 Å². The molecule has 1 N–H and O–H groups in total. The quantitative estimate of drug-likeness (QED) is 0.738. The van der Waals surface area contributed by atoms with Crippen LogP contribution in [0.5, 0.6) is 0 Å². The van der Waals surface area contributed by atoms with Crippen molar-refractivity contribution in [2.45, 2.75) is 40.5 Å². The number of aryl methyl sites for hydroxylation is 1. The van der Waals surface area contributed by atoms with Gasteiger partial charge in [0.2, 0.25) is 5.91 Å². The van der Waals surface area contributed by atoms with E-state index in [9.17, 15) is 4.79 Å². The Morgan fingerprint density at radius 3 is 2.65 bits per heavy atom. The van der Waals surface area contributed by atoms with Gasteiger partial charge in [-0.25, -0.2) is 0 Å². The minimum atomic E-state index is 0.190. The smallest absolute Gasteiger partial charge is 0.228 e. The third-order valence-corrected chi connectivity index (χ3v) is 3.34. The van der Waals surface area contributed by atoms with E-state index >= 15 is 0 Å². The van der Waals surface area contributed by atoms with Gasteiger partial charge in [-0.3, -0.25) is 4.79 Å². The lowest BCUT2D eigenvalue weighted by Crippen LogP contribution is -2.33. The maximum absolute atomic E-state index is 12.3. The monoisotopic (exact) mass is 276 g/mol. The normalized spacial score (nSPS) is 10.8. The number of nitrogens with zero attached hydrogens (tertiary/aromatic N) is 1. The Bertz CT molecular complexity index is 415. The van der Waals surface area contributed by atoms with Crippen molar-refractivity contribution in [2.75, 3.05) is 24.5 Å². The molecule has 1 amide bonds. The third kappa shape index (κ3) is 5.74. The molecule has 0 spiro atoms. The van der Waals surface area contributed by atoms with Gasteiger partial charge in [0, 0.05) is 25.2 Å². The van der Waals surface area contributed by atoms with Crippen molar-refractivity contribution in [3.63, 3.8) is 0 Å². The molecule has 0 bridgehead atoms. The van der Waals surface area contributed by atoms with Gasteiger partial charge >= 0.3 is 0 Å². The highest BCUT2D eigenvalue weighted by Gasteiger charge is 2.13. The average Bonchev–Trinajstić information content (AvgIpc) is 2.39. The van der Waals surface area contributed by atoms with Crippen LogP contribution in [0.3, 0.4) is 0 Å². The van der Waals surface area contributed by atoms with Crippen molar-refractivity contribution >= 4 is 11.6 Å². The van der Waals surface area contributed by atoms with Crippen molar-refractivity contribution in [3.8, 4) is 0 Å². The second-order valence-corrected chi connectivity index (χ2v) is 5.66. The predicted octanol–water partition coefficient (Wildman–Crippen LogP) is 3.37. The topological polar surface area (TPSA) is 32.3 Å². The zero-order valence-corrected chi connectivity index (χ0v) is 13.3. The molecule has 1 aromatic rings. The van der Waals surface area contributed by atoms with E-state index in [-0.39, 0.29) is 5.91 Å². The van der Waals surface area contributed by atoms with Gasteiger partial charge in [0.25, 0.3) is 0 Å². The van der Waals surface area contributed by atoms with Crippen LogP contribution in [0.2, 0.25) is 0 Å². The first kappa shape index (κ1) is 16.7. The van der Waals surface area contributed by atoms with E-state index in [1.165, 1.54) is 5.56 Å². The van der Waals surface area contributed by atoms with Gasteiger partial charge in [-0.1, -0.05) is 26.0 Å². The molecule has 1 aromatic carbocycles. The van der Waals surface area contributed by atoms with Crippen molar-refractivity contribution in [2.24, 2.45) is 5.92 Å². The first-order chi connectivity index (χ1) is 9.54. The number of hydrogen-bond donors (Lipinski definition) is 1. The molecule has 0 saturated carbocycles. The Kier molecular flexibility index (Phi) is 7.31. The molecule has 0 atom stereocenters. The third-order valence-electron chi connectivity index (χ3n) is 3.34. The molecule has 0 aliphatic heterocycles. The van der Waals surface area contributed by atoms with E-state index in [0.29, 0.717) is 18.9 Å². The molecule has 0 aliphatic rings. The Morgan fingerprint density at radius 2 is 2.05 bits per heavy atom. The van der Waals surface area contributed by atoms with E-state index in [2.05, 4.69) is 38.2 Å². The van der Waals surface area contributed by atoms with Crippen LogP contribution in [0.25, 0.3) is 0 Å². The fraction of sp³-hybridized carbons (Fsp3) is 0.588. The molecule has 3 nitrogen and oxygen atoms in total. The summed E-state index contributed by atoms with van der Waals surface area (Å²) in [4.78, 5) is 14.1. The van der Waals surface area contributed by atoms with Crippen LogP contribution in [-0.4, -0.2) is 25.5 Å². The highest BCUT2D eigenvalue weighted by Crippen LogP contribution is 2.16. The lowest BCUT2D eigenvalue weighted by molar-refractivity contribution is -0.118. The standard InChI is InChI=1S/C17H28N2O/c1-5-19(16-8-6-7-15(4)13-16)17(20)10-12-18-11-9-14(2)3/h6-8,13-14,18H,5,9-12H2,1-4H3. The Balaban J connectivity index is 2.43. The van der Waals surface area contributed by atoms with Gasteiger partial charge in [-0.2, -0.15) is 0 Å². The van der Waals surface area contributed by atoms with E-state index in [1.54, 1.807) is 0 Å². The molecule has 0 heterocycles. The lowest BCUT2D eigenvalue weighted by Gasteiger charge is -2.21. The van der Waals surface area contributed by atoms with E-state index < -0.39 is 0 Å². The molecule has 0 radical (unpaired) electrons. The number of carbonyl (C=O) groups excluding carboxylic acids is 1. The maximum Gasteiger partial charge on any atom is 0.228 e. The predicted molar refractivity (Wildman–Crippen MR) is 86.1 cm³/mol. The Hall–Kier alpha value is -1.35. The van der Waals surface area contributed by atoms with Crippen molar-refractivity contribution < 1.29 is 4.79 Å². The van der Waals surface area contributed by atoms with Gasteiger partial charge in [0.05, 0.1) is 0 Å². The Labute approximate surface area is 123 Å². The highest BCUT2D eigenvalue weighted by molar-refractivity contribution is 5.93. The average molecular weight is 276 g/mol. The van der Waals surface area contributed by atoms with Gasteiger partial charge < -0.3 is 10.2 Å². The number of carbonyl (C=O) groups is 1. The molecule has 1 rings (SSSR count). The summed E-state index contributed by atoms with van der Waals surface area (Å²) < 4.78 is 0. The van der Waals surface area contributed by atoms with E-state index in [0.717, 1.165) is 25.2 Å². The molecule has 0 fully saturated rings. The van der Waals surface area contributed by atoms with Crippen LogP contribution in [0.15, 0.2) is 24.3 Å². The first-order valence-corrected chi connectivity index (χ1v) is 7.62. The number of hydrogen-bond acceptors (Lipinski definition) is 2. The molecular weight excluding hydrogens is 248 g/mol.